The third-order valence-corrected chi connectivity index (χ3v) is 7.17. The number of halogens is 1. The highest BCUT2D eigenvalue weighted by atomic mass is 35.5. The van der Waals surface area contributed by atoms with Gasteiger partial charge in [0.15, 0.2) is 0 Å². The summed E-state index contributed by atoms with van der Waals surface area (Å²) in [5, 5.41) is 3.68. The van der Waals surface area contributed by atoms with Gasteiger partial charge in [0.25, 0.3) is 5.56 Å². The number of benzene rings is 2. The lowest BCUT2D eigenvalue weighted by atomic mass is 10.1. The van der Waals surface area contributed by atoms with Crippen LogP contribution in [0.4, 0.5) is 5.69 Å². The van der Waals surface area contributed by atoms with E-state index in [1.165, 1.54) is 10.9 Å². The topological polar surface area (TPSA) is 90.3 Å². The van der Waals surface area contributed by atoms with E-state index in [2.05, 4.69) is 10.3 Å². The molecule has 0 bridgehead atoms. The number of aromatic nitrogens is 2. The van der Waals surface area contributed by atoms with Crippen LogP contribution in [-0.2, 0) is 16.1 Å². The Kier molecular flexibility index (Phi) is 7.33. The van der Waals surface area contributed by atoms with Crippen LogP contribution < -0.4 is 10.9 Å². The van der Waals surface area contributed by atoms with E-state index in [9.17, 15) is 14.4 Å². The number of hydrogen-bond donors (Lipinski definition) is 1. The average molecular weight is 510 g/mol. The van der Waals surface area contributed by atoms with Gasteiger partial charge >= 0.3 is 5.97 Å². The zero-order valence-electron chi connectivity index (χ0n) is 19.5. The summed E-state index contributed by atoms with van der Waals surface area (Å²) in [6.45, 7) is 5.51. The first-order valence-electron chi connectivity index (χ1n) is 11.1. The molecule has 4 aromatic rings. The van der Waals surface area contributed by atoms with Crippen molar-refractivity contribution < 1.29 is 14.3 Å². The van der Waals surface area contributed by atoms with Crippen molar-refractivity contribution in [3.05, 3.63) is 91.8 Å². The maximum Gasteiger partial charge on any atom is 0.349 e. The van der Waals surface area contributed by atoms with Crippen LogP contribution in [0.1, 0.15) is 45.7 Å². The Morgan fingerprint density at radius 3 is 2.63 bits per heavy atom. The molecule has 1 atom stereocenters. The van der Waals surface area contributed by atoms with Gasteiger partial charge in [0.2, 0.25) is 5.91 Å². The smallest absolute Gasteiger partial charge is 0.349 e. The second kappa shape index (κ2) is 10.4. The molecule has 1 N–H and O–H groups in total. The van der Waals surface area contributed by atoms with Crippen LogP contribution in [-0.4, -0.2) is 21.4 Å². The summed E-state index contributed by atoms with van der Waals surface area (Å²) >= 11 is 7.18. The number of hydrogen-bond acceptors (Lipinski definition) is 6. The Balaban J connectivity index is 1.62. The molecule has 0 aliphatic heterocycles. The van der Waals surface area contributed by atoms with E-state index in [4.69, 9.17) is 16.3 Å². The molecule has 2 aromatic carbocycles. The maximum absolute atomic E-state index is 13.4. The number of aryl methyl sites for hydroxylation is 2. The van der Waals surface area contributed by atoms with Crippen molar-refractivity contribution >= 4 is 50.7 Å². The first-order chi connectivity index (χ1) is 16.8. The van der Waals surface area contributed by atoms with Crippen LogP contribution in [0.25, 0.3) is 10.2 Å². The number of fused-ring (bicyclic) bond motifs is 1. The van der Waals surface area contributed by atoms with Crippen molar-refractivity contribution in [2.75, 3.05) is 5.32 Å². The molecule has 0 fully saturated rings. The van der Waals surface area contributed by atoms with E-state index in [-0.39, 0.29) is 18.1 Å². The monoisotopic (exact) mass is 509 g/mol. The van der Waals surface area contributed by atoms with E-state index in [1.807, 2.05) is 50.2 Å². The Morgan fingerprint density at radius 2 is 1.91 bits per heavy atom. The molecule has 0 saturated carbocycles. The number of nitrogens with zero attached hydrogens (tertiary/aromatic N) is 2. The van der Waals surface area contributed by atoms with E-state index in [0.29, 0.717) is 37.8 Å². The van der Waals surface area contributed by atoms with Gasteiger partial charge in [-0.25, -0.2) is 9.78 Å². The molecule has 9 heteroatoms. The number of ether oxygens (including phenoxy) is 1. The van der Waals surface area contributed by atoms with E-state index >= 15 is 0 Å². The summed E-state index contributed by atoms with van der Waals surface area (Å²) in [5.41, 5.74) is 2.42. The van der Waals surface area contributed by atoms with Crippen LogP contribution >= 0.6 is 22.9 Å². The van der Waals surface area contributed by atoms with Gasteiger partial charge in [-0.05, 0) is 49.1 Å². The molecule has 0 radical (unpaired) electrons. The molecule has 180 valence electrons. The minimum atomic E-state index is -0.787. The predicted octanol–water partition coefficient (Wildman–Crippen LogP) is 5.68. The van der Waals surface area contributed by atoms with Crippen LogP contribution in [0.2, 0.25) is 5.02 Å². The average Bonchev–Trinajstić information content (AvgIpc) is 3.19. The number of nitrogens with one attached hydrogen (secondary N) is 1. The minimum absolute atomic E-state index is 0.131. The highest BCUT2D eigenvalue weighted by Crippen LogP contribution is 2.29. The summed E-state index contributed by atoms with van der Waals surface area (Å²) in [5.74, 6) is -0.863. The summed E-state index contributed by atoms with van der Waals surface area (Å²) in [6.07, 6.45) is 1.73. The molecule has 0 saturated heterocycles. The molecule has 7 nitrogen and oxygen atoms in total. The summed E-state index contributed by atoms with van der Waals surface area (Å²) < 4.78 is 6.76. The fourth-order valence-corrected chi connectivity index (χ4v) is 5.00. The van der Waals surface area contributed by atoms with Gasteiger partial charge in [-0.3, -0.25) is 14.2 Å². The molecule has 2 heterocycles. The SMILES string of the molecule is CCC(C(=O)Nc1cc(Cl)ccc1C)n1cnc2sc(C(=O)OCc3ccccc3)c(C)c2c1=O. The van der Waals surface area contributed by atoms with E-state index in [1.54, 1.807) is 19.1 Å². The highest BCUT2D eigenvalue weighted by Gasteiger charge is 2.25. The van der Waals surface area contributed by atoms with Gasteiger partial charge in [0, 0.05) is 10.7 Å². The number of amides is 1. The van der Waals surface area contributed by atoms with Crippen molar-refractivity contribution in [1.29, 1.82) is 0 Å². The summed E-state index contributed by atoms with van der Waals surface area (Å²) in [6, 6.07) is 13.8. The Bertz CT molecular complexity index is 1460. The van der Waals surface area contributed by atoms with Gasteiger partial charge in [-0.15, -0.1) is 11.3 Å². The van der Waals surface area contributed by atoms with Gasteiger partial charge in [-0.2, -0.15) is 0 Å². The first-order valence-corrected chi connectivity index (χ1v) is 12.3. The largest absolute Gasteiger partial charge is 0.457 e. The van der Waals surface area contributed by atoms with Gasteiger partial charge < -0.3 is 10.1 Å². The Labute approximate surface area is 211 Å². The Hall–Kier alpha value is -3.49. The lowest BCUT2D eigenvalue weighted by molar-refractivity contribution is -0.119. The van der Waals surface area contributed by atoms with Crippen LogP contribution in [0.5, 0.6) is 0 Å². The van der Waals surface area contributed by atoms with Crippen molar-refractivity contribution in [2.45, 2.75) is 39.8 Å². The number of carbonyl (C=O) groups is 2. The Morgan fingerprint density at radius 1 is 1.17 bits per heavy atom. The third kappa shape index (κ3) is 5.13. The summed E-state index contributed by atoms with van der Waals surface area (Å²) in [7, 11) is 0. The van der Waals surface area contributed by atoms with Crippen LogP contribution in [0, 0.1) is 13.8 Å². The fourth-order valence-electron chi connectivity index (χ4n) is 3.80. The number of esters is 1. The minimum Gasteiger partial charge on any atom is -0.457 e. The molecule has 1 amide bonds. The fraction of sp³-hybridized carbons (Fsp3) is 0.231. The third-order valence-electron chi connectivity index (χ3n) is 5.76. The van der Waals surface area contributed by atoms with Crippen molar-refractivity contribution in [3.8, 4) is 0 Å². The lowest BCUT2D eigenvalue weighted by Gasteiger charge is -2.18. The molecule has 0 aliphatic rings. The van der Waals surface area contributed by atoms with Crippen molar-refractivity contribution in [1.82, 2.24) is 9.55 Å². The molecule has 2 aromatic heterocycles. The highest BCUT2D eigenvalue weighted by molar-refractivity contribution is 7.20. The van der Waals surface area contributed by atoms with E-state index < -0.39 is 12.0 Å². The maximum atomic E-state index is 13.4. The second-order valence-electron chi connectivity index (χ2n) is 8.13. The van der Waals surface area contributed by atoms with Crippen LogP contribution in [0.3, 0.4) is 0 Å². The summed E-state index contributed by atoms with van der Waals surface area (Å²) in [4.78, 5) is 44.4. The standard InChI is InChI=1S/C26H24ClN3O4S/c1-4-20(23(31)29-19-12-18(27)11-10-15(19)2)30-14-28-24-21(25(30)32)16(3)22(35-24)26(33)34-13-17-8-6-5-7-9-17/h5-12,14,20H,4,13H2,1-3H3,(H,29,31). The van der Waals surface area contributed by atoms with Crippen molar-refractivity contribution in [2.24, 2.45) is 0 Å². The van der Waals surface area contributed by atoms with Crippen molar-refractivity contribution in [3.63, 3.8) is 0 Å². The molecule has 4 rings (SSSR count). The lowest BCUT2D eigenvalue weighted by Crippen LogP contribution is -2.33. The van der Waals surface area contributed by atoms with Gasteiger partial charge in [0.05, 0.1) is 11.7 Å². The first kappa shape index (κ1) is 24.6. The zero-order valence-corrected chi connectivity index (χ0v) is 21.1. The molecular formula is C26H24ClN3O4S. The molecular weight excluding hydrogens is 486 g/mol. The number of thiophene rings is 1. The molecule has 1 unspecified atom stereocenters. The second-order valence-corrected chi connectivity index (χ2v) is 9.56. The molecule has 0 aliphatic carbocycles. The quantitative estimate of drug-likeness (QED) is 0.324. The number of anilines is 1. The van der Waals surface area contributed by atoms with Crippen LogP contribution in [0.15, 0.2) is 59.7 Å². The normalized spacial score (nSPS) is 11.9. The van der Waals surface area contributed by atoms with E-state index in [0.717, 1.165) is 22.5 Å². The molecule has 35 heavy (non-hydrogen) atoms. The molecule has 0 spiro atoms. The van der Waals surface area contributed by atoms with Gasteiger partial charge in [-0.1, -0.05) is 54.9 Å². The number of carbonyl (C=O) groups excluding carboxylic acids is 2. The zero-order chi connectivity index (χ0) is 25.1. The predicted molar refractivity (Wildman–Crippen MR) is 138 cm³/mol. The number of rotatable bonds is 7. The van der Waals surface area contributed by atoms with Gasteiger partial charge in [0.1, 0.15) is 22.4 Å².